The first-order valence-corrected chi connectivity index (χ1v) is 2.29. The summed E-state index contributed by atoms with van der Waals surface area (Å²) < 4.78 is 23.2. The molecule has 1 nitrogen and oxygen atoms in total. The van der Waals surface area contributed by atoms with Gasteiger partial charge in [0.1, 0.15) is 0 Å². The van der Waals surface area contributed by atoms with Crippen LogP contribution in [0.4, 0.5) is 8.78 Å². The lowest BCUT2D eigenvalue weighted by Crippen LogP contribution is -1.92. The number of hydrogen-bond acceptors (Lipinski definition) is 1. The molecule has 0 spiro atoms. The summed E-state index contributed by atoms with van der Waals surface area (Å²) >= 11 is 0. The minimum absolute atomic E-state index is 0.116. The molecule has 0 aromatic rings. The first-order valence-electron chi connectivity index (χ1n) is 2.29. The van der Waals surface area contributed by atoms with Gasteiger partial charge in [-0.3, -0.25) is 4.99 Å². The SMILES string of the molecule is FC(F)C1=CN=CC1. The van der Waals surface area contributed by atoms with E-state index in [9.17, 15) is 8.78 Å². The maximum atomic E-state index is 11.6. The van der Waals surface area contributed by atoms with Crippen LogP contribution in [0.15, 0.2) is 16.8 Å². The molecular weight excluding hydrogens is 112 g/mol. The quantitative estimate of drug-likeness (QED) is 0.494. The number of halogens is 2. The average molecular weight is 117 g/mol. The molecule has 3 heteroatoms. The van der Waals surface area contributed by atoms with Gasteiger partial charge in [0.25, 0.3) is 6.43 Å². The summed E-state index contributed by atoms with van der Waals surface area (Å²) in [5.74, 6) is 0. The standard InChI is InChI=1S/C5H5F2N/c6-5(7)4-1-2-8-3-4/h2-3,5H,1H2. The highest BCUT2D eigenvalue weighted by Crippen LogP contribution is 2.14. The highest BCUT2D eigenvalue weighted by molar-refractivity contribution is 5.65. The third-order valence-corrected chi connectivity index (χ3v) is 0.953. The summed E-state index contributed by atoms with van der Waals surface area (Å²) in [5.41, 5.74) is 0.116. The molecule has 1 rings (SSSR count). The van der Waals surface area contributed by atoms with Crippen LogP contribution < -0.4 is 0 Å². The smallest absolute Gasteiger partial charge is 0.262 e. The number of allylic oxidation sites excluding steroid dienone is 1. The van der Waals surface area contributed by atoms with Crippen LogP contribution in [-0.2, 0) is 0 Å². The Hall–Kier alpha value is -0.730. The van der Waals surface area contributed by atoms with Crippen LogP contribution in [0.3, 0.4) is 0 Å². The predicted molar refractivity (Wildman–Crippen MR) is 27.2 cm³/mol. The maximum Gasteiger partial charge on any atom is 0.262 e. The molecule has 0 fully saturated rings. The van der Waals surface area contributed by atoms with Gasteiger partial charge in [0, 0.05) is 24.4 Å². The average Bonchev–Trinajstić information content (AvgIpc) is 2.12. The van der Waals surface area contributed by atoms with Crippen molar-refractivity contribution in [1.82, 2.24) is 0 Å². The molecule has 0 amide bonds. The molecule has 0 atom stereocenters. The lowest BCUT2D eigenvalue weighted by molar-refractivity contribution is 0.188. The molecular formula is C5H5F2N. The number of nitrogens with zero attached hydrogens (tertiary/aromatic N) is 1. The highest BCUT2D eigenvalue weighted by Gasteiger charge is 2.11. The minimum Gasteiger partial charge on any atom is -0.269 e. The van der Waals surface area contributed by atoms with Crippen LogP contribution >= 0.6 is 0 Å². The van der Waals surface area contributed by atoms with Crippen molar-refractivity contribution in [2.75, 3.05) is 0 Å². The highest BCUT2D eigenvalue weighted by atomic mass is 19.3. The number of alkyl halides is 2. The van der Waals surface area contributed by atoms with Crippen molar-refractivity contribution in [3.63, 3.8) is 0 Å². The van der Waals surface area contributed by atoms with Crippen LogP contribution in [0.25, 0.3) is 0 Å². The maximum absolute atomic E-state index is 11.6. The van der Waals surface area contributed by atoms with Crippen LogP contribution in [0.5, 0.6) is 0 Å². The molecule has 44 valence electrons. The van der Waals surface area contributed by atoms with Gasteiger partial charge in [-0.05, 0) is 0 Å². The van der Waals surface area contributed by atoms with E-state index in [1.807, 2.05) is 0 Å². The number of hydrogen-bond donors (Lipinski definition) is 0. The predicted octanol–water partition coefficient (Wildman–Crippen LogP) is 1.61. The van der Waals surface area contributed by atoms with E-state index in [1.54, 1.807) is 0 Å². The third kappa shape index (κ3) is 0.911. The molecule has 1 heterocycles. The Bertz CT molecular complexity index is 137. The lowest BCUT2D eigenvalue weighted by Gasteiger charge is -1.93. The van der Waals surface area contributed by atoms with E-state index >= 15 is 0 Å². The molecule has 0 aromatic carbocycles. The monoisotopic (exact) mass is 117 g/mol. The fraction of sp³-hybridized carbons (Fsp3) is 0.400. The van der Waals surface area contributed by atoms with E-state index in [0.717, 1.165) is 0 Å². The first-order chi connectivity index (χ1) is 3.80. The first kappa shape index (κ1) is 5.41. The largest absolute Gasteiger partial charge is 0.269 e. The van der Waals surface area contributed by atoms with Crippen LogP contribution in [-0.4, -0.2) is 12.6 Å². The molecule has 0 saturated carbocycles. The lowest BCUT2D eigenvalue weighted by atomic mass is 10.2. The Morgan fingerprint density at radius 1 is 1.62 bits per heavy atom. The Kier molecular flexibility index (Phi) is 1.37. The summed E-state index contributed by atoms with van der Waals surface area (Å²) in [7, 11) is 0. The van der Waals surface area contributed by atoms with Gasteiger partial charge in [-0.25, -0.2) is 8.78 Å². The van der Waals surface area contributed by atoms with E-state index in [4.69, 9.17) is 0 Å². The van der Waals surface area contributed by atoms with Gasteiger partial charge in [0.2, 0.25) is 0 Å². The van der Waals surface area contributed by atoms with Gasteiger partial charge in [-0.2, -0.15) is 0 Å². The molecule has 0 unspecified atom stereocenters. The summed E-state index contributed by atoms with van der Waals surface area (Å²) in [6.45, 7) is 0. The van der Waals surface area contributed by atoms with Gasteiger partial charge < -0.3 is 0 Å². The Morgan fingerprint density at radius 3 is 2.62 bits per heavy atom. The molecule has 0 N–H and O–H groups in total. The Morgan fingerprint density at radius 2 is 2.38 bits per heavy atom. The van der Waals surface area contributed by atoms with Crippen molar-refractivity contribution in [3.8, 4) is 0 Å². The zero-order valence-corrected chi connectivity index (χ0v) is 4.14. The van der Waals surface area contributed by atoms with Crippen molar-refractivity contribution >= 4 is 6.21 Å². The normalized spacial score (nSPS) is 17.6. The van der Waals surface area contributed by atoms with Crippen molar-refractivity contribution in [2.24, 2.45) is 4.99 Å². The zero-order valence-electron chi connectivity index (χ0n) is 4.14. The second-order valence-corrected chi connectivity index (χ2v) is 1.54. The van der Waals surface area contributed by atoms with Crippen LogP contribution in [0.2, 0.25) is 0 Å². The van der Waals surface area contributed by atoms with Gasteiger partial charge in [-0.1, -0.05) is 0 Å². The summed E-state index contributed by atoms with van der Waals surface area (Å²) in [4.78, 5) is 3.52. The van der Waals surface area contributed by atoms with Crippen LogP contribution in [0.1, 0.15) is 6.42 Å². The van der Waals surface area contributed by atoms with Gasteiger partial charge >= 0.3 is 0 Å². The van der Waals surface area contributed by atoms with Crippen molar-refractivity contribution in [1.29, 1.82) is 0 Å². The number of aliphatic imine (C=N–C) groups is 1. The molecule has 0 saturated heterocycles. The summed E-state index contributed by atoms with van der Waals surface area (Å²) in [6.07, 6.45) is 0.682. The van der Waals surface area contributed by atoms with E-state index in [0.29, 0.717) is 6.42 Å². The summed E-state index contributed by atoms with van der Waals surface area (Å²) in [5, 5.41) is 0. The van der Waals surface area contributed by atoms with Crippen molar-refractivity contribution < 1.29 is 8.78 Å². The molecule has 0 bridgehead atoms. The van der Waals surface area contributed by atoms with Crippen molar-refractivity contribution in [3.05, 3.63) is 11.8 Å². The minimum atomic E-state index is -2.32. The van der Waals surface area contributed by atoms with E-state index < -0.39 is 6.43 Å². The second kappa shape index (κ2) is 2.03. The fourth-order valence-corrected chi connectivity index (χ4v) is 0.505. The van der Waals surface area contributed by atoms with Gasteiger partial charge in [0.05, 0.1) is 0 Å². The van der Waals surface area contributed by atoms with Crippen LogP contribution in [0, 0.1) is 0 Å². The third-order valence-electron chi connectivity index (χ3n) is 0.953. The van der Waals surface area contributed by atoms with Gasteiger partial charge in [-0.15, -0.1) is 0 Å². The second-order valence-electron chi connectivity index (χ2n) is 1.54. The topological polar surface area (TPSA) is 12.4 Å². The zero-order chi connectivity index (χ0) is 5.98. The molecule has 0 radical (unpaired) electrons. The van der Waals surface area contributed by atoms with Gasteiger partial charge in [0.15, 0.2) is 0 Å². The molecule has 8 heavy (non-hydrogen) atoms. The van der Waals surface area contributed by atoms with E-state index in [1.165, 1.54) is 12.4 Å². The molecule has 1 aliphatic heterocycles. The van der Waals surface area contributed by atoms with E-state index in [-0.39, 0.29) is 5.57 Å². The van der Waals surface area contributed by atoms with Crippen molar-refractivity contribution in [2.45, 2.75) is 12.8 Å². The Balaban J connectivity index is 2.51. The Labute approximate surface area is 45.7 Å². The molecule has 0 aliphatic carbocycles. The molecule has 0 aromatic heterocycles. The number of rotatable bonds is 1. The molecule has 1 aliphatic rings. The van der Waals surface area contributed by atoms with E-state index in [2.05, 4.69) is 4.99 Å². The fourth-order valence-electron chi connectivity index (χ4n) is 0.505. The summed E-state index contributed by atoms with van der Waals surface area (Å²) in [6, 6.07) is 0.